The van der Waals surface area contributed by atoms with Crippen molar-refractivity contribution in [2.45, 2.75) is 90.1 Å². The highest BCUT2D eigenvalue weighted by atomic mass is 19.4. The number of hydrogen-bond donors (Lipinski definition) is 3. The first-order valence-electron chi connectivity index (χ1n) is 13.2. The largest absolute Gasteiger partial charge is 0.471 e. The second kappa shape index (κ2) is 9.84. The number of rotatable bonds is 6. The molecule has 2 heterocycles. The van der Waals surface area contributed by atoms with Crippen molar-refractivity contribution in [2.24, 2.45) is 16.7 Å². The van der Waals surface area contributed by atoms with Crippen LogP contribution in [0.15, 0.2) is 0 Å². The zero-order valence-corrected chi connectivity index (χ0v) is 22.6. The summed E-state index contributed by atoms with van der Waals surface area (Å²) < 4.78 is 44.6. The standard InChI is InChI=1S/C25H36F3N5O6/c1-22(2,3)39-21(38)33(12-14-5-10-29-17(14)34)31-18(35)15-11-24(8-9-24)13-32(15)19(36)16(23(4)6-7-23)30-20(37)25(26,27)28/h14-16H,5-13H2,1-4H3,(H,29,34)(H,30,37)(H,31,35)/t14-,15-,16+/m0/s1. The Morgan fingerprint density at radius 1 is 1.15 bits per heavy atom. The maximum Gasteiger partial charge on any atom is 0.471 e. The third-order valence-corrected chi connectivity index (χ3v) is 7.99. The van der Waals surface area contributed by atoms with Crippen LogP contribution in [0.5, 0.6) is 0 Å². The van der Waals surface area contributed by atoms with Gasteiger partial charge in [-0.1, -0.05) is 6.92 Å². The second-order valence-electron chi connectivity index (χ2n) is 12.6. The average molecular weight is 560 g/mol. The normalized spacial score (nSPS) is 25.5. The first kappa shape index (κ1) is 28.9. The molecule has 0 bridgehead atoms. The Hall–Kier alpha value is -3.06. The third kappa shape index (κ3) is 6.57. The molecule has 14 heteroatoms. The fraction of sp³-hybridized carbons (Fsp3) is 0.800. The van der Waals surface area contributed by atoms with Crippen LogP contribution in [0.1, 0.15) is 66.2 Å². The molecule has 2 aliphatic carbocycles. The van der Waals surface area contributed by atoms with E-state index in [1.165, 1.54) is 4.90 Å². The minimum atomic E-state index is -5.16. The maximum absolute atomic E-state index is 13.7. The van der Waals surface area contributed by atoms with Gasteiger partial charge in [0, 0.05) is 13.1 Å². The lowest BCUT2D eigenvalue weighted by Crippen LogP contribution is -2.60. The van der Waals surface area contributed by atoms with E-state index in [1.54, 1.807) is 27.7 Å². The molecule has 1 spiro atoms. The Balaban J connectivity index is 1.54. The van der Waals surface area contributed by atoms with E-state index < -0.39 is 59.0 Å². The van der Waals surface area contributed by atoms with Gasteiger partial charge in [-0.2, -0.15) is 13.2 Å². The number of amides is 5. The molecule has 2 aliphatic heterocycles. The molecule has 3 atom stereocenters. The first-order chi connectivity index (χ1) is 17.9. The van der Waals surface area contributed by atoms with Gasteiger partial charge in [0.05, 0.1) is 12.5 Å². The molecule has 0 aromatic rings. The van der Waals surface area contributed by atoms with Crippen LogP contribution in [0, 0.1) is 16.7 Å². The molecular formula is C25H36F3N5O6. The Kier molecular flexibility index (Phi) is 7.30. The van der Waals surface area contributed by atoms with Gasteiger partial charge in [-0.15, -0.1) is 0 Å². The first-order valence-corrected chi connectivity index (χ1v) is 13.2. The van der Waals surface area contributed by atoms with Gasteiger partial charge in [-0.3, -0.25) is 24.6 Å². The molecule has 2 saturated heterocycles. The molecule has 0 aromatic heterocycles. The molecule has 2 saturated carbocycles. The summed E-state index contributed by atoms with van der Waals surface area (Å²) in [7, 11) is 0. The monoisotopic (exact) mass is 559 g/mol. The van der Waals surface area contributed by atoms with E-state index in [-0.39, 0.29) is 30.8 Å². The van der Waals surface area contributed by atoms with E-state index in [0.717, 1.165) is 17.9 Å². The van der Waals surface area contributed by atoms with E-state index in [2.05, 4.69) is 10.7 Å². The van der Waals surface area contributed by atoms with Gasteiger partial charge in [-0.05, 0) is 70.1 Å². The van der Waals surface area contributed by atoms with Crippen LogP contribution in [0.25, 0.3) is 0 Å². The molecule has 4 fully saturated rings. The summed E-state index contributed by atoms with van der Waals surface area (Å²) in [6.45, 7) is 7.01. The molecule has 0 unspecified atom stereocenters. The van der Waals surface area contributed by atoms with Crippen LogP contribution in [0.2, 0.25) is 0 Å². The molecule has 0 radical (unpaired) electrons. The number of hydrogen-bond acceptors (Lipinski definition) is 6. The van der Waals surface area contributed by atoms with Crippen LogP contribution in [-0.4, -0.2) is 83.1 Å². The van der Waals surface area contributed by atoms with Crippen molar-refractivity contribution in [3.63, 3.8) is 0 Å². The van der Waals surface area contributed by atoms with Crippen LogP contribution in [0.3, 0.4) is 0 Å². The molecule has 5 amide bonds. The minimum Gasteiger partial charge on any atom is -0.442 e. The molecule has 3 N–H and O–H groups in total. The number of carbonyl (C=O) groups is 5. The number of halogens is 3. The van der Waals surface area contributed by atoms with Crippen molar-refractivity contribution in [1.82, 2.24) is 26.0 Å². The van der Waals surface area contributed by atoms with Crippen molar-refractivity contribution in [3.8, 4) is 0 Å². The Morgan fingerprint density at radius 3 is 2.28 bits per heavy atom. The predicted molar refractivity (Wildman–Crippen MR) is 129 cm³/mol. The van der Waals surface area contributed by atoms with Crippen LogP contribution in [0.4, 0.5) is 18.0 Å². The molecule has 218 valence electrons. The zero-order chi connectivity index (χ0) is 29.0. The quantitative estimate of drug-likeness (QED) is 0.423. The number of hydrazine groups is 1. The van der Waals surface area contributed by atoms with Gasteiger partial charge in [-0.25, -0.2) is 9.80 Å². The average Bonchev–Trinajstić information content (AvgIpc) is 3.65. The maximum atomic E-state index is 13.7. The molecular weight excluding hydrogens is 523 g/mol. The highest BCUT2D eigenvalue weighted by Gasteiger charge is 2.59. The van der Waals surface area contributed by atoms with E-state index in [4.69, 9.17) is 4.74 Å². The smallest absolute Gasteiger partial charge is 0.442 e. The number of carbonyl (C=O) groups excluding carboxylic acids is 5. The van der Waals surface area contributed by atoms with Crippen molar-refractivity contribution in [1.29, 1.82) is 0 Å². The number of likely N-dealkylation sites (tertiary alicyclic amines) is 1. The van der Waals surface area contributed by atoms with Gasteiger partial charge in [0.15, 0.2) is 0 Å². The predicted octanol–water partition coefficient (Wildman–Crippen LogP) is 1.62. The number of alkyl halides is 3. The Bertz CT molecular complexity index is 1050. The van der Waals surface area contributed by atoms with E-state index in [9.17, 15) is 37.1 Å². The second-order valence-corrected chi connectivity index (χ2v) is 12.6. The van der Waals surface area contributed by atoms with Crippen molar-refractivity contribution in [2.75, 3.05) is 19.6 Å². The third-order valence-electron chi connectivity index (χ3n) is 7.99. The van der Waals surface area contributed by atoms with Gasteiger partial charge in [0.1, 0.15) is 17.7 Å². The molecule has 11 nitrogen and oxygen atoms in total. The summed E-state index contributed by atoms with van der Waals surface area (Å²) in [4.78, 5) is 65.3. The number of ether oxygens (including phenoxy) is 1. The minimum absolute atomic E-state index is 0.152. The molecule has 4 rings (SSSR count). The van der Waals surface area contributed by atoms with Crippen molar-refractivity contribution >= 4 is 29.7 Å². The number of nitrogens with one attached hydrogen (secondary N) is 3. The SMILES string of the molecule is CC(C)(C)OC(=O)N(C[C@@H]1CCNC1=O)NC(=O)[C@@H]1CC2(CC2)CN1C(=O)[C@@H](NC(=O)C(F)(F)F)C1(C)CC1. The lowest BCUT2D eigenvalue weighted by atomic mass is 9.96. The topological polar surface area (TPSA) is 137 Å². The lowest BCUT2D eigenvalue weighted by Gasteiger charge is -2.33. The van der Waals surface area contributed by atoms with E-state index in [1.807, 2.05) is 5.32 Å². The summed E-state index contributed by atoms with van der Waals surface area (Å²) in [6.07, 6.45) is -2.93. The van der Waals surface area contributed by atoms with E-state index in [0.29, 0.717) is 25.8 Å². The molecule has 0 aromatic carbocycles. The Labute approximate surface area is 224 Å². The van der Waals surface area contributed by atoms with Crippen LogP contribution in [-0.2, 0) is 23.9 Å². The Morgan fingerprint density at radius 2 is 1.79 bits per heavy atom. The zero-order valence-electron chi connectivity index (χ0n) is 22.6. The highest BCUT2D eigenvalue weighted by Crippen LogP contribution is 2.56. The number of nitrogens with zero attached hydrogens (tertiary/aromatic N) is 2. The van der Waals surface area contributed by atoms with Crippen molar-refractivity contribution in [3.05, 3.63) is 0 Å². The van der Waals surface area contributed by atoms with Crippen LogP contribution >= 0.6 is 0 Å². The van der Waals surface area contributed by atoms with Gasteiger partial charge < -0.3 is 20.3 Å². The van der Waals surface area contributed by atoms with Crippen molar-refractivity contribution < 1.29 is 41.9 Å². The van der Waals surface area contributed by atoms with Crippen LogP contribution < -0.4 is 16.1 Å². The summed E-state index contributed by atoms with van der Waals surface area (Å²) in [5, 5.41) is 5.46. The summed E-state index contributed by atoms with van der Waals surface area (Å²) in [6, 6.07) is -2.52. The van der Waals surface area contributed by atoms with Gasteiger partial charge in [0.2, 0.25) is 11.8 Å². The van der Waals surface area contributed by atoms with Gasteiger partial charge >= 0.3 is 18.2 Å². The fourth-order valence-corrected chi connectivity index (χ4v) is 5.19. The summed E-state index contributed by atoms with van der Waals surface area (Å²) in [5.41, 5.74) is 0.441. The molecule has 4 aliphatic rings. The highest BCUT2D eigenvalue weighted by molar-refractivity contribution is 5.95. The summed E-state index contributed by atoms with van der Waals surface area (Å²) >= 11 is 0. The fourth-order valence-electron chi connectivity index (χ4n) is 5.19. The lowest BCUT2D eigenvalue weighted by molar-refractivity contribution is -0.175. The molecule has 39 heavy (non-hydrogen) atoms. The van der Waals surface area contributed by atoms with Gasteiger partial charge in [0.25, 0.3) is 5.91 Å². The summed E-state index contributed by atoms with van der Waals surface area (Å²) in [5.74, 6) is -4.52. The van der Waals surface area contributed by atoms with E-state index >= 15 is 0 Å².